The van der Waals surface area contributed by atoms with Crippen LogP contribution in [0.25, 0.3) is 0 Å². The van der Waals surface area contributed by atoms with E-state index < -0.39 is 22.9 Å². The highest BCUT2D eigenvalue weighted by Crippen LogP contribution is 2.48. The normalized spacial score (nSPS) is 29.1. The van der Waals surface area contributed by atoms with Gasteiger partial charge in [0.2, 0.25) is 0 Å². The number of hydrogen-bond acceptors (Lipinski definition) is 3. The van der Waals surface area contributed by atoms with Crippen molar-refractivity contribution in [2.24, 2.45) is 0 Å². The number of benzene rings is 1. The van der Waals surface area contributed by atoms with Crippen molar-refractivity contribution in [1.82, 2.24) is 5.32 Å². The molecule has 3 nitrogen and oxygen atoms in total. The predicted octanol–water partition coefficient (Wildman–Crippen LogP) is 4.30. The molecule has 0 saturated carbocycles. The molecule has 7 heteroatoms. The lowest BCUT2D eigenvalue weighted by atomic mass is 9.76. The van der Waals surface area contributed by atoms with E-state index in [1.165, 1.54) is 26.8 Å². The Labute approximate surface area is 157 Å². The molecule has 2 aliphatic heterocycles. The van der Waals surface area contributed by atoms with Crippen LogP contribution in [0.5, 0.6) is 0 Å². The third kappa shape index (κ3) is 3.14. The van der Waals surface area contributed by atoms with E-state index in [9.17, 15) is 4.39 Å². The maximum atomic E-state index is 15.5. The van der Waals surface area contributed by atoms with E-state index in [0.29, 0.717) is 13.2 Å². The lowest BCUT2D eigenvalue weighted by Crippen LogP contribution is -2.62. The van der Waals surface area contributed by atoms with Gasteiger partial charge in [-0.2, -0.15) is 0 Å². The minimum Gasteiger partial charge on any atom is -0.381 e. The van der Waals surface area contributed by atoms with Crippen LogP contribution in [0.15, 0.2) is 18.2 Å². The lowest BCUT2D eigenvalue weighted by Gasteiger charge is -2.44. The van der Waals surface area contributed by atoms with Crippen molar-refractivity contribution in [1.29, 1.82) is 0 Å². The number of halogens is 3. The summed E-state index contributed by atoms with van der Waals surface area (Å²) >= 11 is 5.14. The summed E-state index contributed by atoms with van der Waals surface area (Å²) in [5.74, 6) is -3.92. The van der Waals surface area contributed by atoms with Gasteiger partial charge in [0.15, 0.2) is 0 Å². The van der Waals surface area contributed by atoms with E-state index in [-0.39, 0.29) is 23.1 Å². The summed E-state index contributed by atoms with van der Waals surface area (Å²) in [6.45, 7) is 5.01. The Morgan fingerprint density at radius 3 is 2.46 bits per heavy atom. The maximum Gasteiger partial charge on any atom is 0.302 e. The Hall–Kier alpha value is -1.18. The van der Waals surface area contributed by atoms with E-state index in [1.807, 2.05) is 0 Å². The molecule has 0 unspecified atom stereocenters. The van der Waals surface area contributed by atoms with Gasteiger partial charge in [0.05, 0.1) is 6.61 Å². The molecule has 0 amide bonds. The fraction of sp³-hybridized carbons (Fsp3) is 0.632. The Bertz CT molecular complexity index is 704. The molecule has 1 aromatic rings. The van der Waals surface area contributed by atoms with Crippen molar-refractivity contribution in [3.05, 3.63) is 35.1 Å². The standard InChI is InChI=1S/C19H24F3NO2S/c1-17(2)19(21,22)18(3,23-16(26)11-25-17)14-10-13(4-5-15(14)20)12-6-8-24-9-7-12/h4-5,10,12H,6-9,11H2,1-3H3,(H,23,26)/t18-/m1/s1. The zero-order chi connectivity index (χ0) is 19.2. The van der Waals surface area contributed by atoms with E-state index in [0.717, 1.165) is 18.4 Å². The summed E-state index contributed by atoms with van der Waals surface area (Å²) in [7, 11) is 0. The Balaban J connectivity index is 2.10. The van der Waals surface area contributed by atoms with Crippen molar-refractivity contribution < 1.29 is 22.6 Å². The fourth-order valence-electron chi connectivity index (χ4n) is 3.78. The highest BCUT2D eigenvalue weighted by Gasteiger charge is 2.64. The number of nitrogens with one attached hydrogen (secondary N) is 1. The molecule has 26 heavy (non-hydrogen) atoms. The summed E-state index contributed by atoms with van der Waals surface area (Å²) in [5, 5.41) is 2.68. The Kier molecular flexibility index (Phi) is 5.09. The average molecular weight is 387 g/mol. The molecule has 0 radical (unpaired) electrons. The van der Waals surface area contributed by atoms with Gasteiger partial charge in [-0.1, -0.05) is 24.4 Å². The molecule has 0 aromatic heterocycles. The molecule has 144 valence electrons. The molecule has 0 spiro atoms. The van der Waals surface area contributed by atoms with Crippen molar-refractivity contribution in [3.8, 4) is 0 Å². The number of thiocarbonyl (C=S) groups is 1. The van der Waals surface area contributed by atoms with Crippen LogP contribution in [0.2, 0.25) is 0 Å². The minimum atomic E-state index is -3.41. The van der Waals surface area contributed by atoms with Crippen LogP contribution in [0.1, 0.15) is 50.7 Å². The van der Waals surface area contributed by atoms with Crippen LogP contribution in [0, 0.1) is 5.82 Å². The van der Waals surface area contributed by atoms with Crippen LogP contribution in [-0.2, 0) is 15.0 Å². The van der Waals surface area contributed by atoms with Gasteiger partial charge in [0.25, 0.3) is 0 Å². The van der Waals surface area contributed by atoms with Crippen LogP contribution < -0.4 is 5.32 Å². The van der Waals surface area contributed by atoms with Gasteiger partial charge < -0.3 is 14.8 Å². The van der Waals surface area contributed by atoms with Crippen molar-refractivity contribution in [2.45, 2.75) is 56.6 Å². The molecule has 1 N–H and O–H groups in total. The molecule has 1 aromatic carbocycles. The first-order chi connectivity index (χ1) is 12.1. The topological polar surface area (TPSA) is 30.5 Å². The molecule has 1 atom stereocenters. The molecular weight excluding hydrogens is 363 g/mol. The molecule has 2 saturated heterocycles. The first kappa shape index (κ1) is 19.6. The molecule has 3 rings (SSSR count). The molecule has 0 aliphatic carbocycles. The first-order valence-electron chi connectivity index (χ1n) is 8.79. The van der Waals surface area contributed by atoms with Crippen LogP contribution >= 0.6 is 12.2 Å². The van der Waals surface area contributed by atoms with Crippen LogP contribution in [0.4, 0.5) is 13.2 Å². The van der Waals surface area contributed by atoms with Gasteiger partial charge in [-0.05, 0) is 51.2 Å². The smallest absolute Gasteiger partial charge is 0.302 e. The van der Waals surface area contributed by atoms with Crippen LogP contribution in [-0.4, -0.2) is 36.3 Å². The quantitative estimate of drug-likeness (QED) is 0.767. The second kappa shape index (κ2) is 6.77. The molecule has 2 fully saturated rings. The maximum absolute atomic E-state index is 15.5. The number of hydrogen-bond donors (Lipinski definition) is 1. The Morgan fingerprint density at radius 1 is 1.15 bits per heavy atom. The van der Waals surface area contributed by atoms with Crippen LogP contribution in [0.3, 0.4) is 0 Å². The zero-order valence-electron chi connectivity index (χ0n) is 15.2. The average Bonchev–Trinajstić information content (AvgIpc) is 2.66. The SMILES string of the molecule is CC1(C)OCC(=S)N[C@](C)(c2cc(C3CCOCC3)ccc2F)C1(F)F. The monoisotopic (exact) mass is 387 g/mol. The minimum absolute atomic E-state index is 0.0904. The van der Waals surface area contributed by atoms with Gasteiger partial charge in [-0.15, -0.1) is 0 Å². The van der Waals surface area contributed by atoms with Gasteiger partial charge in [0, 0.05) is 18.8 Å². The lowest BCUT2D eigenvalue weighted by molar-refractivity contribution is -0.216. The number of rotatable bonds is 2. The summed E-state index contributed by atoms with van der Waals surface area (Å²) < 4.78 is 56.4. The van der Waals surface area contributed by atoms with Gasteiger partial charge in [-0.25, -0.2) is 13.2 Å². The second-order valence-electron chi connectivity index (χ2n) is 7.67. The van der Waals surface area contributed by atoms with E-state index >= 15 is 8.78 Å². The van der Waals surface area contributed by atoms with Gasteiger partial charge in [0.1, 0.15) is 21.9 Å². The molecule has 2 aliphatic rings. The largest absolute Gasteiger partial charge is 0.381 e. The highest BCUT2D eigenvalue weighted by molar-refractivity contribution is 7.80. The molecule has 0 bridgehead atoms. The zero-order valence-corrected chi connectivity index (χ0v) is 16.0. The fourth-order valence-corrected chi connectivity index (χ4v) is 4.04. The van der Waals surface area contributed by atoms with E-state index in [4.69, 9.17) is 21.7 Å². The van der Waals surface area contributed by atoms with E-state index in [1.54, 1.807) is 12.1 Å². The molecule has 2 heterocycles. The summed E-state index contributed by atoms with van der Waals surface area (Å²) in [4.78, 5) is 0.133. The number of alkyl halides is 2. The third-order valence-electron chi connectivity index (χ3n) is 5.56. The second-order valence-corrected chi connectivity index (χ2v) is 8.17. The summed E-state index contributed by atoms with van der Waals surface area (Å²) in [6.07, 6.45) is 1.58. The van der Waals surface area contributed by atoms with Gasteiger partial charge in [-0.3, -0.25) is 0 Å². The molecular formula is C19H24F3NO2S. The number of ether oxygens (including phenoxy) is 2. The van der Waals surface area contributed by atoms with Crippen molar-refractivity contribution >= 4 is 17.2 Å². The van der Waals surface area contributed by atoms with Gasteiger partial charge >= 0.3 is 5.92 Å². The summed E-state index contributed by atoms with van der Waals surface area (Å²) in [6, 6.07) is 4.49. The van der Waals surface area contributed by atoms with E-state index in [2.05, 4.69) is 5.32 Å². The first-order valence-corrected chi connectivity index (χ1v) is 9.20. The Morgan fingerprint density at radius 2 is 1.81 bits per heavy atom. The van der Waals surface area contributed by atoms with Crippen molar-refractivity contribution in [2.75, 3.05) is 19.8 Å². The summed E-state index contributed by atoms with van der Waals surface area (Å²) in [5.41, 5.74) is -3.07. The van der Waals surface area contributed by atoms with Crippen molar-refractivity contribution in [3.63, 3.8) is 0 Å². The predicted molar refractivity (Wildman–Crippen MR) is 97.3 cm³/mol. The third-order valence-corrected chi connectivity index (χ3v) is 5.78. The highest BCUT2D eigenvalue weighted by atomic mass is 32.1.